The van der Waals surface area contributed by atoms with Gasteiger partial charge in [0.05, 0.1) is 5.75 Å². The van der Waals surface area contributed by atoms with Crippen molar-refractivity contribution in [2.75, 3.05) is 18.7 Å². The molecule has 0 spiro atoms. The Kier molecular flexibility index (Phi) is 7.39. The minimum absolute atomic E-state index is 0.0845. The first-order chi connectivity index (χ1) is 17.2. The third-order valence-corrected chi connectivity index (χ3v) is 6.69. The molecule has 0 fully saturated rings. The van der Waals surface area contributed by atoms with Gasteiger partial charge in [0, 0.05) is 25.2 Å². The van der Waals surface area contributed by atoms with Gasteiger partial charge in [0.2, 0.25) is 22.7 Å². The lowest BCUT2D eigenvalue weighted by atomic mass is 10.0. The molecule has 2 N–H and O–H groups in total. The first-order valence-electron chi connectivity index (χ1n) is 11.0. The van der Waals surface area contributed by atoms with Gasteiger partial charge in [-0.25, -0.2) is 22.3 Å². The van der Waals surface area contributed by atoms with E-state index in [9.17, 15) is 22.4 Å². The number of fused-ring (bicyclic) bond motifs is 1. The summed E-state index contributed by atoms with van der Waals surface area (Å²) in [5.41, 5.74) is 1.58. The molecule has 1 aliphatic rings. The maximum absolute atomic E-state index is 13.4. The summed E-state index contributed by atoms with van der Waals surface area (Å²) < 4.78 is 50.7. The molecule has 1 heterocycles. The Morgan fingerprint density at radius 3 is 2.39 bits per heavy atom. The van der Waals surface area contributed by atoms with Crippen LogP contribution in [-0.2, 0) is 27.0 Å². The van der Waals surface area contributed by atoms with E-state index >= 15 is 0 Å². The third kappa shape index (κ3) is 6.30. The first kappa shape index (κ1) is 25.0. The molecule has 0 aromatic heterocycles. The number of hydrogen-bond donors (Lipinski definition) is 2. The van der Waals surface area contributed by atoms with E-state index in [2.05, 4.69) is 5.32 Å². The Balaban J connectivity index is 1.49. The molecule has 188 valence electrons. The lowest BCUT2D eigenvalue weighted by Crippen LogP contribution is -2.52. The van der Waals surface area contributed by atoms with E-state index in [4.69, 9.17) is 9.47 Å². The Hall–Kier alpha value is -4.12. The van der Waals surface area contributed by atoms with Crippen molar-refractivity contribution in [1.82, 2.24) is 10.0 Å². The SMILES string of the molecule is CN(C(=O)[C@H](Cc1ccccc1)NC(=O)NS(=O)(=O)Cc1ccc(F)cc1)c1ccc2c(c1)OCO2. The number of likely N-dealkylation sites (N-methyl/N-ethyl adjacent to an activating group) is 1. The van der Waals surface area contributed by atoms with Crippen LogP contribution in [0.15, 0.2) is 72.8 Å². The molecule has 9 nitrogen and oxygen atoms in total. The summed E-state index contributed by atoms with van der Waals surface area (Å²) in [6.07, 6.45) is 0.125. The van der Waals surface area contributed by atoms with Gasteiger partial charge in [-0.3, -0.25) is 4.79 Å². The van der Waals surface area contributed by atoms with Crippen molar-refractivity contribution in [2.24, 2.45) is 0 Å². The molecule has 0 unspecified atom stereocenters. The van der Waals surface area contributed by atoms with Crippen molar-refractivity contribution in [2.45, 2.75) is 18.2 Å². The Morgan fingerprint density at radius 2 is 1.67 bits per heavy atom. The van der Waals surface area contributed by atoms with Gasteiger partial charge in [-0.2, -0.15) is 0 Å². The summed E-state index contributed by atoms with van der Waals surface area (Å²) in [6.45, 7) is 0.0845. The van der Waals surface area contributed by atoms with Gasteiger partial charge in [0.15, 0.2) is 11.5 Å². The third-order valence-electron chi connectivity index (χ3n) is 5.48. The van der Waals surface area contributed by atoms with Gasteiger partial charge < -0.3 is 19.7 Å². The second-order valence-electron chi connectivity index (χ2n) is 8.14. The predicted octanol–water partition coefficient (Wildman–Crippen LogP) is 2.96. The Labute approximate surface area is 207 Å². The van der Waals surface area contributed by atoms with Crippen molar-refractivity contribution >= 4 is 27.6 Å². The molecule has 0 bridgehead atoms. The lowest BCUT2D eigenvalue weighted by molar-refractivity contribution is -0.120. The van der Waals surface area contributed by atoms with Crippen LogP contribution in [-0.4, -0.2) is 40.2 Å². The van der Waals surface area contributed by atoms with Gasteiger partial charge in [-0.15, -0.1) is 0 Å². The van der Waals surface area contributed by atoms with Crippen LogP contribution in [0.2, 0.25) is 0 Å². The molecule has 3 amide bonds. The summed E-state index contributed by atoms with van der Waals surface area (Å²) in [5.74, 6) is -0.456. The van der Waals surface area contributed by atoms with Crippen LogP contribution in [0.3, 0.4) is 0 Å². The van der Waals surface area contributed by atoms with E-state index in [1.807, 2.05) is 10.8 Å². The molecule has 1 atom stereocenters. The second-order valence-corrected chi connectivity index (χ2v) is 9.86. The van der Waals surface area contributed by atoms with Gasteiger partial charge in [-0.1, -0.05) is 42.5 Å². The molecule has 0 radical (unpaired) electrons. The average Bonchev–Trinajstić information content (AvgIpc) is 3.32. The van der Waals surface area contributed by atoms with Crippen LogP contribution in [0.25, 0.3) is 0 Å². The quantitative estimate of drug-likeness (QED) is 0.479. The van der Waals surface area contributed by atoms with E-state index in [1.165, 1.54) is 17.0 Å². The molecular formula is C25H24FN3O6S. The zero-order chi connectivity index (χ0) is 25.7. The van der Waals surface area contributed by atoms with Crippen molar-refractivity contribution in [3.63, 3.8) is 0 Å². The Morgan fingerprint density at radius 1 is 0.972 bits per heavy atom. The molecule has 11 heteroatoms. The number of hydrogen-bond acceptors (Lipinski definition) is 6. The van der Waals surface area contributed by atoms with Gasteiger partial charge in [0.1, 0.15) is 11.9 Å². The number of halogens is 1. The van der Waals surface area contributed by atoms with Crippen molar-refractivity contribution in [3.05, 3.63) is 89.7 Å². The largest absolute Gasteiger partial charge is 0.454 e. The van der Waals surface area contributed by atoms with Gasteiger partial charge in [0.25, 0.3) is 0 Å². The molecule has 0 saturated heterocycles. The summed E-state index contributed by atoms with van der Waals surface area (Å²) in [7, 11) is -2.57. The van der Waals surface area contributed by atoms with Crippen LogP contribution < -0.4 is 24.4 Å². The molecular weight excluding hydrogens is 489 g/mol. The van der Waals surface area contributed by atoms with E-state index in [0.29, 0.717) is 22.7 Å². The monoisotopic (exact) mass is 513 g/mol. The number of urea groups is 1. The zero-order valence-electron chi connectivity index (χ0n) is 19.3. The number of carbonyl (C=O) groups excluding carboxylic acids is 2. The fourth-order valence-corrected chi connectivity index (χ4v) is 4.71. The van der Waals surface area contributed by atoms with Crippen LogP contribution >= 0.6 is 0 Å². The number of anilines is 1. The highest BCUT2D eigenvalue weighted by Gasteiger charge is 2.28. The zero-order valence-corrected chi connectivity index (χ0v) is 20.1. The van der Waals surface area contributed by atoms with Crippen molar-refractivity contribution in [1.29, 1.82) is 0 Å². The van der Waals surface area contributed by atoms with Crippen LogP contribution in [0.4, 0.5) is 14.9 Å². The lowest BCUT2D eigenvalue weighted by Gasteiger charge is -2.25. The van der Waals surface area contributed by atoms with Crippen LogP contribution in [0, 0.1) is 5.82 Å². The van der Waals surface area contributed by atoms with Gasteiger partial charge in [-0.05, 0) is 35.4 Å². The number of nitrogens with zero attached hydrogens (tertiary/aromatic N) is 1. The maximum atomic E-state index is 13.4. The molecule has 4 rings (SSSR count). The highest BCUT2D eigenvalue weighted by atomic mass is 32.2. The van der Waals surface area contributed by atoms with Crippen molar-refractivity contribution < 1.29 is 31.9 Å². The fourth-order valence-electron chi connectivity index (χ4n) is 3.67. The van der Waals surface area contributed by atoms with Crippen molar-refractivity contribution in [3.8, 4) is 11.5 Å². The normalized spacial score (nSPS) is 13.1. The molecule has 3 aromatic carbocycles. The standard InChI is InChI=1S/C25H24FN3O6S/c1-29(20-11-12-22-23(14-20)35-16-34-22)24(30)21(13-17-5-3-2-4-6-17)27-25(31)28-36(32,33)15-18-7-9-19(26)10-8-18/h2-12,14,21H,13,15-16H2,1H3,(H2,27,28,31)/t21-/m0/s1. The number of rotatable bonds is 8. The number of benzene rings is 3. The number of nitrogens with one attached hydrogen (secondary N) is 2. The highest BCUT2D eigenvalue weighted by molar-refractivity contribution is 7.89. The molecule has 3 aromatic rings. The number of sulfonamides is 1. The van der Waals surface area contributed by atoms with Crippen LogP contribution in [0.5, 0.6) is 11.5 Å². The number of carbonyl (C=O) groups is 2. The van der Waals surface area contributed by atoms with E-state index in [-0.39, 0.29) is 13.2 Å². The highest BCUT2D eigenvalue weighted by Crippen LogP contribution is 2.35. The smallest absolute Gasteiger partial charge is 0.329 e. The molecule has 0 saturated carbocycles. The average molecular weight is 514 g/mol. The Bertz CT molecular complexity index is 1350. The van der Waals surface area contributed by atoms with E-state index in [1.54, 1.807) is 49.5 Å². The molecule has 1 aliphatic heterocycles. The number of ether oxygens (including phenoxy) is 2. The minimum Gasteiger partial charge on any atom is -0.454 e. The van der Waals surface area contributed by atoms with Crippen LogP contribution in [0.1, 0.15) is 11.1 Å². The number of amides is 3. The first-order valence-corrected chi connectivity index (χ1v) is 12.6. The minimum atomic E-state index is -4.11. The summed E-state index contributed by atoms with van der Waals surface area (Å²) in [6, 6.07) is 16.8. The molecule has 0 aliphatic carbocycles. The summed E-state index contributed by atoms with van der Waals surface area (Å²) in [4.78, 5) is 27.4. The van der Waals surface area contributed by atoms with Gasteiger partial charge >= 0.3 is 6.03 Å². The van der Waals surface area contributed by atoms with E-state index in [0.717, 1.165) is 17.7 Å². The van der Waals surface area contributed by atoms with E-state index < -0.39 is 39.6 Å². The molecule has 36 heavy (non-hydrogen) atoms. The topological polar surface area (TPSA) is 114 Å². The maximum Gasteiger partial charge on any atom is 0.329 e. The fraction of sp³-hybridized carbons (Fsp3) is 0.200. The summed E-state index contributed by atoms with van der Waals surface area (Å²) >= 11 is 0. The predicted molar refractivity (Wildman–Crippen MR) is 131 cm³/mol. The summed E-state index contributed by atoms with van der Waals surface area (Å²) in [5, 5.41) is 2.48. The second kappa shape index (κ2) is 10.6.